The minimum atomic E-state index is -2.38. The van der Waals surface area contributed by atoms with Crippen LogP contribution in [0, 0.1) is 0 Å². The zero-order chi connectivity index (χ0) is 38.2. The van der Waals surface area contributed by atoms with Crippen molar-refractivity contribution in [3.05, 3.63) is 205 Å². The fourth-order valence-electron chi connectivity index (χ4n) is 8.01. The molecule has 0 saturated carbocycles. The van der Waals surface area contributed by atoms with E-state index in [9.17, 15) is 4.57 Å². The second kappa shape index (κ2) is 14.9. The number of nitrogens with one attached hydrogen (secondary N) is 1. The highest BCUT2D eigenvalue weighted by Gasteiger charge is 2.17. The third-order valence-electron chi connectivity index (χ3n) is 11.0. The van der Waals surface area contributed by atoms with Crippen LogP contribution in [0.5, 0.6) is 0 Å². The van der Waals surface area contributed by atoms with Gasteiger partial charge in [0.15, 0.2) is 0 Å². The van der Waals surface area contributed by atoms with Crippen molar-refractivity contribution in [2.75, 3.05) is 13.3 Å². The summed E-state index contributed by atoms with van der Waals surface area (Å²) < 4.78 is 12.8. The molecule has 0 radical (unpaired) electrons. The molecule has 9 aromatic rings. The summed E-state index contributed by atoms with van der Waals surface area (Å²) in [5.74, 6) is 0. The van der Waals surface area contributed by atoms with Crippen molar-refractivity contribution in [2.24, 2.45) is 5.73 Å². The van der Waals surface area contributed by atoms with Crippen molar-refractivity contribution < 1.29 is 4.57 Å². The molecule has 0 aliphatic carbocycles. The van der Waals surface area contributed by atoms with Crippen LogP contribution >= 0.6 is 7.14 Å². The first-order valence-corrected chi connectivity index (χ1v) is 21.8. The molecule has 0 heterocycles. The maximum absolute atomic E-state index is 12.8. The summed E-state index contributed by atoms with van der Waals surface area (Å²) in [4.78, 5) is 0. The van der Waals surface area contributed by atoms with E-state index in [4.69, 9.17) is 5.73 Å². The maximum Gasteiger partial charge on any atom is 0.109 e. The lowest BCUT2D eigenvalue weighted by atomic mass is 9.89. The van der Waals surface area contributed by atoms with E-state index in [0.717, 1.165) is 33.1 Å². The molecule has 4 heteroatoms. The largest absolute Gasteiger partial charge is 0.319 e. The van der Waals surface area contributed by atoms with Gasteiger partial charge >= 0.3 is 0 Å². The first kappa shape index (κ1) is 35.6. The fourth-order valence-corrected chi connectivity index (χ4v) is 8.90. The Morgan fingerprint density at radius 1 is 0.500 bits per heavy atom. The first-order chi connectivity index (χ1) is 27.3. The van der Waals surface area contributed by atoms with Gasteiger partial charge in [-0.25, -0.2) is 0 Å². The minimum absolute atomic E-state index is 0.164. The van der Waals surface area contributed by atoms with E-state index in [1.165, 1.54) is 54.2 Å². The second-order valence-electron chi connectivity index (χ2n) is 15.1. The molecule has 9 rings (SSSR count). The summed E-state index contributed by atoms with van der Waals surface area (Å²) in [5.41, 5.74) is 14.6. The summed E-state index contributed by atoms with van der Waals surface area (Å²) in [6.07, 6.45) is 4.00. The molecule has 3 N–H and O–H groups in total. The minimum Gasteiger partial charge on any atom is -0.319 e. The Morgan fingerprint density at radius 3 is 2.00 bits per heavy atom. The average Bonchev–Trinajstić information content (AvgIpc) is 3.24. The lowest BCUT2D eigenvalue weighted by Gasteiger charge is -2.22. The van der Waals surface area contributed by atoms with Crippen LogP contribution in [0.1, 0.15) is 28.9 Å². The molecular formula is C52H43N2OP. The van der Waals surface area contributed by atoms with E-state index in [1.54, 1.807) is 0 Å². The van der Waals surface area contributed by atoms with Gasteiger partial charge < -0.3 is 10.3 Å². The van der Waals surface area contributed by atoms with Crippen molar-refractivity contribution in [1.82, 2.24) is 5.32 Å². The van der Waals surface area contributed by atoms with Crippen LogP contribution in [-0.4, -0.2) is 13.3 Å². The summed E-state index contributed by atoms with van der Waals surface area (Å²) in [5, 5.41) is 14.5. The Labute approximate surface area is 328 Å². The van der Waals surface area contributed by atoms with Crippen LogP contribution in [0.2, 0.25) is 0 Å². The molecule has 2 atom stereocenters. The van der Waals surface area contributed by atoms with E-state index in [-0.39, 0.29) is 12.2 Å². The molecule has 0 spiro atoms. The molecule has 0 aliphatic rings. The SMILES string of the molecule is CP(C)(=O)c1cccc(-c2cccc(/C=C/C(NC(N)c3ccccc3)c3ccc4cc(-c5c6ccccc6cc6c5ccc5ccccc56)ccc4c3)c2)c1. The van der Waals surface area contributed by atoms with Crippen LogP contribution in [0.4, 0.5) is 0 Å². The smallest absolute Gasteiger partial charge is 0.109 e. The van der Waals surface area contributed by atoms with Crippen molar-refractivity contribution in [1.29, 1.82) is 0 Å². The van der Waals surface area contributed by atoms with Gasteiger partial charge in [0.2, 0.25) is 0 Å². The normalized spacial score (nSPS) is 13.2. The number of rotatable bonds is 9. The molecule has 0 saturated heterocycles. The highest BCUT2D eigenvalue weighted by Crippen LogP contribution is 2.41. The van der Waals surface area contributed by atoms with Crippen LogP contribution in [0.15, 0.2) is 188 Å². The third kappa shape index (κ3) is 7.09. The summed E-state index contributed by atoms with van der Waals surface area (Å²) in [6.45, 7) is 3.64. The van der Waals surface area contributed by atoms with Gasteiger partial charge in [-0.05, 0) is 126 Å². The second-order valence-corrected chi connectivity index (χ2v) is 18.3. The van der Waals surface area contributed by atoms with Crippen molar-refractivity contribution in [2.45, 2.75) is 12.2 Å². The standard InChI is InChI=1S/C52H43N2OP/c1-56(2,55)45-19-11-18-39(33-45)38-17-10-12-35(30-38)22-29-50(54-52(53)37-14-4-3-5-15-37)43-25-23-41-32-44(26-24-40(41)31-43)51-47-21-9-7-16-42(47)34-49-46-20-8-6-13-36(46)27-28-48(49)51/h3-34,50,52,54H,53H2,1-2H3/b29-22+. The summed E-state index contributed by atoms with van der Waals surface area (Å²) in [7, 11) is -2.38. The van der Waals surface area contributed by atoms with E-state index in [0.29, 0.717) is 0 Å². The van der Waals surface area contributed by atoms with Crippen molar-refractivity contribution in [3.63, 3.8) is 0 Å². The monoisotopic (exact) mass is 742 g/mol. The Morgan fingerprint density at radius 2 is 1.18 bits per heavy atom. The lowest BCUT2D eigenvalue weighted by Crippen LogP contribution is -2.31. The zero-order valence-electron chi connectivity index (χ0n) is 31.6. The summed E-state index contributed by atoms with van der Waals surface area (Å²) in [6, 6.07) is 64.4. The number of hydrogen-bond donors (Lipinski definition) is 2. The molecule has 0 aromatic heterocycles. The molecule has 3 nitrogen and oxygen atoms in total. The quantitative estimate of drug-likeness (QED) is 0.0670. The molecule has 0 bridgehead atoms. The Balaban J connectivity index is 1.10. The molecule has 9 aromatic carbocycles. The topological polar surface area (TPSA) is 55.1 Å². The van der Waals surface area contributed by atoms with Gasteiger partial charge in [0.1, 0.15) is 7.14 Å². The Kier molecular flexibility index (Phi) is 9.45. The van der Waals surface area contributed by atoms with Crippen LogP contribution < -0.4 is 16.4 Å². The van der Waals surface area contributed by atoms with E-state index in [2.05, 4.69) is 169 Å². The van der Waals surface area contributed by atoms with E-state index < -0.39 is 7.14 Å². The van der Waals surface area contributed by atoms with Gasteiger partial charge in [-0.2, -0.15) is 0 Å². The van der Waals surface area contributed by atoms with Crippen LogP contribution in [0.25, 0.3) is 71.4 Å². The number of benzene rings is 9. The fraction of sp³-hybridized carbons (Fsp3) is 0.0769. The molecule has 2 unspecified atom stereocenters. The van der Waals surface area contributed by atoms with Crippen molar-refractivity contribution >= 4 is 61.6 Å². The number of hydrogen-bond acceptors (Lipinski definition) is 3. The zero-order valence-corrected chi connectivity index (χ0v) is 32.5. The predicted octanol–water partition coefficient (Wildman–Crippen LogP) is 12.9. The third-order valence-corrected chi connectivity index (χ3v) is 12.5. The van der Waals surface area contributed by atoms with Gasteiger partial charge in [-0.1, -0.05) is 164 Å². The average molecular weight is 743 g/mol. The van der Waals surface area contributed by atoms with Crippen molar-refractivity contribution in [3.8, 4) is 22.3 Å². The molecule has 0 fully saturated rings. The number of fused-ring (bicyclic) bond motifs is 5. The molecule has 272 valence electrons. The highest BCUT2D eigenvalue weighted by molar-refractivity contribution is 7.70. The highest BCUT2D eigenvalue weighted by atomic mass is 31.2. The molecule has 0 amide bonds. The number of nitrogens with two attached hydrogens (primary N) is 1. The lowest BCUT2D eigenvalue weighted by molar-refractivity contribution is 0.509. The van der Waals surface area contributed by atoms with E-state index in [1.807, 2.05) is 43.7 Å². The van der Waals surface area contributed by atoms with Gasteiger partial charge in [-0.15, -0.1) is 0 Å². The predicted molar refractivity (Wildman–Crippen MR) is 241 cm³/mol. The van der Waals surface area contributed by atoms with Gasteiger partial charge in [0, 0.05) is 5.30 Å². The van der Waals surface area contributed by atoms with Crippen LogP contribution in [0.3, 0.4) is 0 Å². The van der Waals surface area contributed by atoms with Gasteiger partial charge in [0.25, 0.3) is 0 Å². The molecule has 56 heavy (non-hydrogen) atoms. The Hall–Kier alpha value is -6.09. The Bertz CT molecular complexity index is 2980. The van der Waals surface area contributed by atoms with E-state index >= 15 is 0 Å². The first-order valence-electron chi connectivity index (χ1n) is 19.2. The maximum atomic E-state index is 12.8. The van der Waals surface area contributed by atoms with Gasteiger partial charge in [-0.3, -0.25) is 5.32 Å². The molecule has 0 aliphatic heterocycles. The molecular weight excluding hydrogens is 700 g/mol. The van der Waals surface area contributed by atoms with Crippen LogP contribution in [-0.2, 0) is 4.57 Å². The van der Waals surface area contributed by atoms with Gasteiger partial charge in [0.05, 0.1) is 12.2 Å². The summed E-state index contributed by atoms with van der Waals surface area (Å²) >= 11 is 0.